The second-order valence-electron chi connectivity index (χ2n) is 8.75. The summed E-state index contributed by atoms with van der Waals surface area (Å²) in [7, 11) is 0. The molecular weight excluding hydrogens is 541 g/mol. The highest BCUT2D eigenvalue weighted by atomic mass is 35.5. The van der Waals surface area contributed by atoms with E-state index in [1.807, 2.05) is 6.92 Å². The lowest BCUT2D eigenvalue weighted by atomic mass is 10.1. The third kappa shape index (κ3) is 6.13. The van der Waals surface area contributed by atoms with Gasteiger partial charge in [0, 0.05) is 22.0 Å². The van der Waals surface area contributed by atoms with E-state index < -0.39 is 23.7 Å². The first kappa shape index (κ1) is 27.9. The predicted molar refractivity (Wildman–Crippen MR) is 151 cm³/mol. The summed E-state index contributed by atoms with van der Waals surface area (Å²) < 4.78 is 5.19. The topological polar surface area (TPSA) is 105 Å². The summed E-state index contributed by atoms with van der Waals surface area (Å²) in [6.45, 7) is 4.07. The molecule has 0 aromatic heterocycles. The van der Waals surface area contributed by atoms with Gasteiger partial charge in [-0.1, -0.05) is 48.7 Å². The van der Waals surface area contributed by atoms with Crippen LogP contribution >= 0.6 is 23.2 Å². The maximum atomic E-state index is 13.1. The molecule has 1 aliphatic rings. The van der Waals surface area contributed by atoms with Crippen molar-refractivity contribution in [3.05, 3.63) is 99.2 Å². The Morgan fingerprint density at radius 3 is 2.33 bits per heavy atom. The van der Waals surface area contributed by atoms with Crippen molar-refractivity contribution in [1.29, 1.82) is 0 Å². The van der Waals surface area contributed by atoms with Gasteiger partial charge in [0.05, 0.1) is 17.9 Å². The zero-order valence-corrected chi connectivity index (χ0v) is 22.7. The first-order valence-electron chi connectivity index (χ1n) is 12.2. The van der Waals surface area contributed by atoms with Gasteiger partial charge in [0.2, 0.25) is 0 Å². The number of carbonyl (C=O) groups excluding carboxylic acids is 4. The summed E-state index contributed by atoms with van der Waals surface area (Å²) >= 11 is 12.4. The molecule has 0 aliphatic carbocycles. The Bertz CT molecular complexity index is 1480. The van der Waals surface area contributed by atoms with Crippen LogP contribution in [0.3, 0.4) is 0 Å². The number of hydrogen-bond acceptors (Lipinski definition) is 6. The highest BCUT2D eigenvalue weighted by Gasteiger charge is 2.39. The van der Waals surface area contributed by atoms with Crippen molar-refractivity contribution in [2.45, 2.75) is 26.7 Å². The minimum atomic E-state index is -0.680. The van der Waals surface area contributed by atoms with Gasteiger partial charge in [0.15, 0.2) is 0 Å². The number of unbranched alkanes of at least 4 members (excludes halogenated alkanes) is 1. The number of nitrogens with one attached hydrogen (secondary N) is 2. The molecule has 3 amide bonds. The van der Waals surface area contributed by atoms with Crippen LogP contribution in [0.2, 0.25) is 5.02 Å². The Morgan fingerprint density at radius 1 is 0.897 bits per heavy atom. The normalized spacial score (nSPS) is 13.1. The van der Waals surface area contributed by atoms with Crippen LogP contribution in [0.1, 0.15) is 46.0 Å². The average molecular weight is 566 g/mol. The number of carbonyl (C=O) groups is 4. The minimum absolute atomic E-state index is 0.111. The fraction of sp³-hybridized carbons (Fsp3) is 0.172. The molecule has 2 N–H and O–H groups in total. The van der Waals surface area contributed by atoms with Gasteiger partial charge in [-0.2, -0.15) is 0 Å². The largest absolute Gasteiger partial charge is 0.462 e. The van der Waals surface area contributed by atoms with Gasteiger partial charge in [-0.15, -0.1) is 0 Å². The maximum Gasteiger partial charge on any atom is 0.338 e. The van der Waals surface area contributed by atoms with Crippen LogP contribution < -0.4 is 15.5 Å². The van der Waals surface area contributed by atoms with Crippen molar-refractivity contribution >= 4 is 64.0 Å². The van der Waals surface area contributed by atoms with Gasteiger partial charge >= 0.3 is 5.97 Å². The lowest BCUT2D eigenvalue weighted by molar-refractivity contribution is -0.120. The molecule has 39 heavy (non-hydrogen) atoms. The summed E-state index contributed by atoms with van der Waals surface area (Å²) in [4.78, 5) is 51.9. The van der Waals surface area contributed by atoms with E-state index in [9.17, 15) is 19.2 Å². The van der Waals surface area contributed by atoms with Gasteiger partial charge in [-0.3, -0.25) is 14.4 Å². The number of imide groups is 1. The molecule has 3 aromatic carbocycles. The van der Waals surface area contributed by atoms with E-state index in [2.05, 4.69) is 10.6 Å². The van der Waals surface area contributed by atoms with Crippen LogP contribution in [0, 0.1) is 6.92 Å². The number of hydrogen-bond donors (Lipinski definition) is 2. The lowest BCUT2D eigenvalue weighted by Crippen LogP contribution is -2.32. The van der Waals surface area contributed by atoms with E-state index >= 15 is 0 Å². The summed E-state index contributed by atoms with van der Waals surface area (Å²) in [5.74, 6) is -2.15. The van der Waals surface area contributed by atoms with E-state index in [4.69, 9.17) is 27.9 Å². The van der Waals surface area contributed by atoms with Crippen molar-refractivity contribution < 1.29 is 23.9 Å². The highest BCUT2D eigenvalue weighted by Crippen LogP contribution is 2.34. The molecule has 0 fully saturated rings. The maximum absolute atomic E-state index is 13.1. The predicted octanol–water partition coefficient (Wildman–Crippen LogP) is 6.29. The highest BCUT2D eigenvalue weighted by molar-refractivity contribution is 6.53. The Kier molecular flexibility index (Phi) is 8.69. The molecular formula is C29H25Cl2N3O5. The number of esters is 1. The Balaban J connectivity index is 1.45. The van der Waals surface area contributed by atoms with Crippen molar-refractivity contribution in [1.82, 2.24) is 0 Å². The van der Waals surface area contributed by atoms with Gasteiger partial charge < -0.3 is 15.4 Å². The lowest BCUT2D eigenvalue weighted by Gasteiger charge is -2.18. The molecule has 4 rings (SSSR count). The molecule has 8 nitrogen and oxygen atoms in total. The van der Waals surface area contributed by atoms with Crippen LogP contribution in [0.4, 0.5) is 17.1 Å². The molecule has 0 unspecified atom stereocenters. The van der Waals surface area contributed by atoms with Crippen molar-refractivity contribution in [2.24, 2.45) is 0 Å². The molecule has 0 spiro atoms. The molecule has 0 radical (unpaired) electrons. The van der Waals surface area contributed by atoms with E-state index in [1.165, 1.54) is 6.07 Å². The van der Waals surface area contributed by atoms with Crippen molar-refractivity contribution in [2.75, 3.05) is 22.1 Å². The van der Waals surface area contributed by atoms with Crippen LogP contribution in [0.5, 0.6) is 0 Å². The summed E-state index contributed by atoms with van der Waals surface area (Å²) in [5, 5.41) is 5.77. The first-order valence-corrected chi connectivity index (χ1v) is 13.0. The molecule has 0 saturated carbocycles. The third-order valence-corrected chi connectivity index (χ3v) is 6.77. The minimum Gasteiger partial charge on any atom is -0.462 e. The van der Waals surface area contributed by atoms with Crippen LogP contribution in [-0.4, -0.2) is 30.3 Å². The number of amides is 3. The standard InChI is InChI=1S/C29H25Cl2N3O5/c1-3-4-15-39-29(38)18-11-13-20(14-12-18)33-26(35)19-7-5-8-21(16-19)32-25-24(31)27(36)34(28(25)37)23-10-6-9-22(30)17(23)2/h5-14,16,32H,3-4,15H2,1-2H3,(H,33,35). The second kappa shape index (κ2) is 12.1. The fourth-order valence-electron chi connectivity index (χ4n) is 3.84. The number of halogens is 2. The molecule has 200 valence electrons. The zero-order chi connectivity index (χ0) is 28.1. The molecule has 0 bridgehead atoms. The number of ether oxygens (including phenoxy) is 1. The quantitative estimate of drug-likeness (QED) is 0.179. The molecule has 1 aliphatic heterocycles. The average Bonchev–Trinajstić information content (AvgIpc) is 3.13. The summed E-state index contributed by atoms with van der Waals surface area (Å²) in [6.07, 6.45) is 1.72. The van der Waals surface area contributed by atoms with E-state index in [1.54, 1.807) is 67.6 Å². The molecule has 0 atom stereocenters. The molecule has 0 saturated heterocycles. The van der Waals surface area contributed by atoms with Gasteiger partial charge in [-0.25, -0.2) is 9.69 Å². The Morgan fingerprint density at radius 2 is 1.62 bits per heavy atom. The van der Waals surface area contributed by atoms with E-state index in [-0.39, 0.29) is 10.7 Å². The summed E-state index contributed by atoms with van der Waals surface area (Å²) in [6, 6.07) is 17.7. The smallest absolute Gasteiger partial charge is 0.338 e. The SMILES string of the molecule is CCCCOC(=O)c1ccc(NC(=O)c2cccc(NC3=C(Cl)C(=O)N(c4cccc(Cl)c4C)C3=O)c2)cc1. The van der Waals surface area contributed by atoms with Crippen molar-refractivity contribution in [3.63, 3.8) is 0 Å². The van der Waals surface area contributed by atoms with Crippen molar-refractivity contribution in [3.8, 4) is 0 Å². The van der Waals surface area contributed by atoms with Gasteiger partial charge in [-0.05, 0) is 73.5 Å². The van der Waals surface area contributed by atoms with E-state index in [0.29, 0.717) is 45.4 Å². The Labute approximate surface area is 235 Å². The number of anilines is 3. The molecule has 1 heterocycles. The first-order chi connectivity index (χ1) is 18.7. The Hall–Kier alpha value is -4.14. The van der Waals surface area contributed by atoms with Gasteiger partial charge in [0.25, 0.3) is 17.7 Å². The van der Waals surface area contributed by atoms with E-state index in [0.717, 1.165) is 17.7 Å². The number of rotatable bonds is 9. The fourth-order valence-corrected chi connectivity index (χ4v) is 4.22. The zero-order valence-electron chi connectivity index (χ0n) is 21.2. The van der Waals surface area contributed by atoms with Gasteiger partial charge in [0.1, 0.15) is 10.7 Å². The molecule has 10 heteroatoms. The number of nitrogens with zero attached hydrogens (tertiary/aromatic N) is 1. The summed E-state index contributed by atoms with van der Waals surface area (Å²) in [5.41, 5.74) is 2.33. The second-order valence-corrected chi connectivity index (χ2v) is 9.53. The van der Waals surface area contributed by atoms with Crippen LogP contribution in [-0.2, 0) is 14.3 Å². The van der Waals surface area contributed by atoms with Crippen LogP contribution in [0.25, 0.3) is 0 Å². The number of benzene rings is 3. The van der Waals surface area contributed by atoms with Crippen LogP contribution in [0.15, 0.2) is 77.5 Å². The monoisotopic (exact) mass is 565 g/mol. The third-order valence-electron chi connectivity index (χ3n) is 6.01. The molecule has 3 aromatic rings.